The maximum atomic E-state index is 12.8. The SMILES string of the molecule is O=C(Nc1ccc(N2CCCC2)cc1)C1CCN(S(=O)(=O)Cc2ccc(Br)cc2)CC1. The second-order valence-corrected chi connectivity index (χ2v) is 11.2. The first kappa shape index (κ1) is 22.3. The Kier molecular flexibility index (Phi) is 6.99. The molecule has 0 spiro atoms. The van der Waals surface area contributed by atoms with Gasteiger partial charge in [0.25, 0.3) is 0 Å². The van der Waals surface area contributed by atoms with E-state index in [0.29, 0.717) is 25.9 Å². The van der Waals surface area contributed by atoms with Crippen LogP contribution in [-0.4, -0.2) is 44.8 Å². The zero-order chi connectivity index (χ0) is 21.8. The molecule has 0 aromatic heterocycles. The molecule has 0 atom stereocenters. The number of piperidine rings is 1. The fraction of sp³-hybridized carbons (Fsp3) is 0.435. The summed E-state index contributed by atoms with van der Waals surface area (Å²) in [4.78, 5) is 15.1. The van der Waals surface area contributed by atoms with Crippen LogP contribution in [0.3, 0.4) is 0 Å². The van der Waals surface area contributed by atoms with Crippen molar-refractivity contribution in [3.63, 3.8) is 0 Å². The Morgan fingerprint density at radius 1 is 0.935 bits per heavy atom. The van der Waals surface area contributed by atoms with Gasteiger partial charge in [0.15, 0.2) is 0 Å². The van der Waals surface area contributed by atoms with E-state index < -0.39 is 10.0 Å². The highest BCUT2D eigenvalue weighted by Gasteiger charge is 2.31. The van der Waals surface area contributed by atoms with Crippen molar-refractivity contribution < 1.29 is 13.2 Å². The summed E-state index contributed by atoms with van der Waals surface area (Å²) in [5, 5.41) is 3.00. The van der Waals surface area contributed by atoms with Crippen LogP contribution in [0.25, 0.3) is 0 Å². The molecule has 2 saturated heterocycles. The summed E-state index contributed by atoms with van der Waals surface area (Å²) in [6, 6.07) is 15.3. The van der Waals surface area contributed by atoms with E-state index in [1.54, 1.807) is 0 Å². The Morgan fingerprint density at radius 3 is 2.16 bits per heavy atom. The highest BCUT2D eigenvalue weighted by atomic mass is 79.9. The molecular formula is C23H28BrN3O3S. The van der Waals surface area contributed by atoms with Gasteiger partial charge in [-0.2, -0.15) is 0 Å². The van der Waals surface area contributed by atoms with E-state index in [0.717, 1.165) is 28.8 Å². The number of sulfonamides is 1. The molecule has 2 aromatic carbocycles. The molecule has 2 aromatic rings. The summed E-state index contributed by atoms with van der Waals surface area (Å²) < 4.78 is 28.0. The van der Waals surface area contributed by atoms with Crippen LogP contribution in [0, 0.1) is 5.92 Å². The number of amides is 1. The lowest BCUT2D eigenvalue weighted by molar-refractivity contribution is -0.120. The van der Waals surface area contributed by atoms with Crippen molar-refractivity contribution in [2.24, 2.45) is 5.92 Å². The standard InChI is InChI=1S/C23H28BrN3O3S/c24-20-5-3-18(4-6-20)17-31(29,30)27-15-11-19(12-16-27)23(28)25-21-7-9-22(10-8-21)26-13-1-2-14-26/h3-10,19H,1-2,11-17H2,(H,25,28). The van der Waals surface area contributed by atoms with Crippen LogP contribution in [0.15, 0.2) is 53.0 Å². The predicted molar refractivity (Wildman–Crippen MR) is 128 cm³/mol. The van der Waals surface area contributed by atoms with Crippen LogP contribution >= 0.6 is 15.9 Å². The maximum absolute atomic E-state index is 12.8. The van der Waals surface area contributed by atoms with Gasteiger partial charge in [-0.05, 0) is 67.6 Å². The largest absolute Gasteiger partial charge is 0.372 e. The van der Waals surface area contributed by atoms with Gasteiger partial charge in [-0.1, -0.05) is 28.1 Å². The molecule has 0 saturated carbocycles. The molecule has 0 bridgehead atoms. The smallest absolute Gasteiger partial charge is 0.227 e. The van der Waals surface area contributed by atoms with Crippen molar-refractivity contribution in [3.8, 4) is 0 Å². The van der Waals surface area contributed by atoms with Crippen molar-refractivity contribution in [1.82, 2.24) is 4.31 Å². The number of rotatable bonds is 6. The molecule has 0 radical (unpaired) electrons. The number of nitrogens with zero attached hydrogens (tertiary/aromatic N) is 2. The van der Waals surface area contributed by atoms with Crippen molar-refractivity contribution in [1.29, 1.82) is 0 Å². The molecule has 1 N–H and O–H groups in total. The van der Waals surface area contributed by atoms with Crippen LogP contribution in [-0.2, 0) is 20.6 Å². The number of carbonyl (C=O) groups is 1. The zero-order valence-corrected chi connectivity index (χ0v) is 19.9. The maximum Gasteiger partial charge on any atom is 0.227 e. The van der Waals surface area contributed by atoms with Crippen molar-refractivity contribution in [3.05, 3.63) is 58.6 Å². The molecule has 166 valence electrons. The minimum absolute atomic E-state index is 0.0134. The van der Waals surface area contributed by atoms with E-state index >= 15 is 0 Å². The van der Waals surface area contributed by atoms with Gasteiger partial charge in [0.1, 0.15) is 0 Å². The average Bonchev–Trinajstić information content (AvgIpc) is 3.31. The second-order valence-electron chi connectivity index (χ2n) is 8.29. The number of hydrogen-bond donors (Lipinski definition) is 1. The number of nitrogens with one attached hydrogen (secondary N) is 1. The van der Waals surface area contributed by atoms with Gasteiger partial charge in [0, 0.05) is 47.9 Å². The van der Waals surface area contributed by atoms with Gasteiger partial charge in [-0.25, -0.2) is 12.7 Å². The third-order valence-corrected chi connectivity index (χ3v) is 8.47. The fourth-order valence-corrected chi connectivity index (χ4v) is 6.08. The highest BCUT2D eigenvalue weighted by Crippen LogP contribution is 2.25. The lowest BCUT2D eigenvalue weighted by Crippen LogP contribution is -2.41. The summed E-state index contributed by atoms with van der Waals surface area (Å²) in [6.07, 6.45) is 3.54. The molecule has 2 fully saturated rings. The molecule has 2 aliphatic heterocycles. The number of benzene rings is 2. The monoisotopic (exact) mass is 505 g/mol. The Hall–Kier alpha value is -1.90. The molecular weight excluding hydrogens is 478 g/mol. The van der Waals surface area contributed by atoms with E-state index in [2.05, 4.69) is 38.3 Å². The summed E-state index contributed by atoms with van der Waals surface area (Å²) in [6.45, 7) is 2.94. The lowest BCUT2D eigenvalue weighted by atomic mass is 9.97. The summed E-state index contributed by atoms with van der Waals surface area (Å²) >= 11 is 3.36. The highest BCUT2D eigenvalue weighted by molar-refractivity contribution is 9.10. The van der Waals surface area contributed by atoms with E-state index in [1.807, 2.05) is 36.4 Å². The lowest BCUT2D eigenvalue weighted by Gasteiger charge is -2.30. The first-order valence-corrected chi connectivity index (χ1v) is 13.2. The number of halogens is 1. The third-order valence-electron chi connectivity index (χ3n) is 6.09. The molecule has 2 heterocycles. The molecule has 1 amide bonds. The van der Waals surface area contributed by atoms with Crippen LogP contribution < -0.4 is 10.2 Å². The average molecular weight is 506 g/mol. The van der Waals surface area contributed by atoms with Crippen LogP contribution in [0.2, 0.25) is 0 Å². The molecule has 0 unspecified atom stereocenters. The summed E-state index contributed by atoms with van der Waals surface area (Å²) in [5.41, 5.74) is 2.75. The van der Waals surface area contributed by atoms with Crippen molar-refractivity contribution >= 4 is 43.2 Å². The summed E-state index contributed by atoms with van der Waals surface area (Å²) in [5.74, 6) is -0.211. The molecule has 2 aliphatic rings. The second kappa shape index (κ2) is 9.71. The van der Waals surface area contributed by atoms with Gasteiger partial charge >= 0.3 is 0 Å². The first-order valence-electron chi connectivity index (χ1n) is 10.8. The first-order chi connectivity index (χ1) is 14.9. The van der Waals surface area contributed by atoms with Crippen molar-refractivity contribution in [2.75, 3.05) is 36.4 Å². The Morgan fingerprint density at radius 2 is 1.55 bits per heavy atom. The number of hydrogen-bond acceptors (Lipinski definition) is 4. The third kappa shape index (κ3) is 5.67. The van der Waals surface area contributed by atoms with E-state index in [-0.39, 0.29) is 17.6 Å². The van der Waals surface area contributed by atoms with Crippen LogP contribution in [0.5, 0.6) is 0 Å². The molecule has 31 heavy (non-hydrogen) atoms. The quantitative estimate of drug-likeness (QED) is 0.637. The van der Waals surface area contributed by atoms with Gasteiger partial charge in [0.05, 0.1) is 5.75 Å². The minimum Gasteiger partial charge on any atom is -0.372 e. The van der Waals surface area contributed by atoms with Crippen LogP contribution in [0.4, 0.5) is 11.4 Å². The molecule has 6 nitrogen and oxygen atoms in total. The van der Waals surface area contributed by atoms with Gasteiger partial charge in [0.2, 0.25) is 15.9 Å². The van der Waals surface area contributed by atoms with Gasteiger partial charge in [-0.15, -0.1) is 0 Å². The normalized spacial score (nSPS) is 18.3. The van der Waals surface area contributed by atoms with Gasteiger partial charge < -0.3 is 10.2 Å². The van der Waals surface area contributed by atoms with Crippen molar-refractivity contribution in [2.45, 2.75) is 31.4 Å². The Labute approximate surface area is 192 Å². The molecule has 8 heteroatoms. The van der Waals surface area contributed by atoms with E-state index in [9.17, 15) is 13.2 Å². The van der Waals surface area contributed by atoms with Crippen LogP contribution in [0.1, 0.15) is 31.2 Å². The molecule has 4 rings (SSSR count). The zero-order valence-electron chi connectivity index (χ0n) is 17.5. The Balaban J connectivity index is 1.28. The van der Waals surface area contributed by atoms with E-state index in [1.165, 1.54) is 22.8 Å². The topological polar surface area (TPSA) is 69.7 Å². The van der Waals surface area contributed by atoms with E-state index in [4.69, 9.17) is 0 Å². The summed E-state index contributed by atoms with van der Waals surface area (Å²) in [7, 11) is -3.39. The minimum atomic E-state index is -3.39. The predicted octanol–water partition coefficient (Wildman–Crippen LogP) is 4.23. The number of anilines is 2. The molecule has 0 aliphatic carbocycles. The fourth-order valence-electron chi connectivity index (χ4n) is 4.25. The van der Waals surface area contributed by atoms with Gasteiger partial charge in [-0.3, -0.25) is 4.79 Å². The number of carbonyl (C=O) groups excluding carboxylic acids is 1. The Bertz CT molecular complexity index is 995.